The molecule has 2 aliphatic heterocycles. The van der Waals surface area contributed by atoms with Gasteiger partial charge in [-0.05, 0) is 36.8 Å². The van der Waals surface area contributed by atoms with E-state index >= 15 is 0 Å². The van der Waals surface area contributed by atoms with Gasteiger partial charge in [0.25, 0.3) is 5.56 Å². The normalized spacial score (nSPS) is 23.0. The third-order valence-corrected chi connectivity index (χ3v) is 7.02. The first-order valence-corrected chi connectivity index (χ1v) is 11.1. The van der Waals surface area contributed by atoms with Crippen molar-refractivity contribution in [2.75, 3.05) is 21.3 Å². The molecule has 3 aromatic rings. The molecule has 0 saturated carbocycles. The van der Waals surface area contributed by atoms with Crippen molar-refractivity contribution in [3.05, 3.63) is 73.3 Å². The van der Waals surface area contributed by atoms with Gasteiger partial charge in [0.05, 0.1) is 31.9 Å². The van der Waals surface area contributed by atoms with Gasteiger partial charge in [0.2, 0.25) is 5.72 Å². The van der Waals surface area contributed by atoms with Crippen molar-refractivity contribution in [2.45, 2.75) is 18.7 Å². The van der Waals surface area contributed by atoms with E-state index in [1.165, 1.54) is 18.4 Å². The van der Waals surface area contributed by atoms with Crippen LogP contribution >= 0.6 is 11.3 Å². The number of hydrogen-bond donors (Lipinski definition) is 0. The molecule has 0 radical (unpaired) electrons. The number of esters is 1. The molecule has 0 saturated heterocycles. The van der Waals surface area contributed by atoms with Crippen molar-refractivity contribution in [1.82, 2.24) is 4.57 Å². The lowest BCUT2D eigenvalue weighted by Crippen LogP contribution is -2.58. The molecular formula is C24H22N2O6S. The summed E-state index contributed by atoms with van der Waals surface area (Å²) in [6.07, 6.45) is 1.78. The zero-order valence-corrected chi connectivity index (χ0v) is 19.3. The Morgan fingerprint density at radius 2 is 1.91 bits per heavy atom. The number of nitrogens with zero attached hydrogens (tertiary/aromatic N) is 2. The Labute approximate surface area is 193 Å². The van der Waals surface area contributed by atoms with E-state index in [-0.39, 0.29) is 5.56 Å². The average Bonchev–Trinajstić information content (AvgIpc) is 3.11. The largest absolute Gasteiger partial charge is 0.493 e. The summed E-state index contributed by atoms with van der Waals surface area (Å²) in [5, 5.41) is 0. The number of ether oxygens (including phenoxy) is 4. The van der Waals surface area contributed by atoms with Crippen LogP contribution < -0.4 is 29.1 Å². The van der Waals surface area contributed by atoms with Crippen LogP contribution in [-0.2, 0) is 9.53 Å². The summed E-state index contributed by atoms with van der Waals surface area (Å²) in [5.41, 5.74) is 0.105. The Balaban J connectivity index is 1.74. The third kappa shape index (κ3) is 3.22. The number of rotatable bonds is 4. The average molecular weight is 467 g/mol. The second kappa shape index (κ2) is 7.77. The zero-order chi connectivity index (χ0) is 23.3. The monoisotopic (exact) mass is 466 g/mol. The molecule has 3 atom stereocenters. The quantitative estimate of drug-likeness (QED) is 0.546. The Morgan fingerprint density at radius 1 is 1.15 bits per heavy atom. The van der Waals surface area contributed by atoms with Gasteiger partial charge in [-0.1, -0.05) is 35.6 Å². The van der Waals surface area contributed by atoms with E-state index in [0.29, 0.717) is 26.6 Å². The highest BCUT2D eigenvalue weighted by molar-refractivity contribution is 7.07. The second-order valence-electron chi connectivity index (χ2n) is 7.93. The highest BCUT2D eigenvalue weighted by Gasteiger charge is 2.55. The Kier molecular flexibility index (Phi) is 5.01. The van der Waals surface area contributed by atoms with E-state index in [2.05, 4.69) is 0 Å². The lowest BCUT2D eigenvalue weighted by molar-refractivity contribution is -0.158. The van der Waals surface area contributed by atoms with E-state index < -0.39 is 23.7 Å². The molecule has 0 N–H and O–H groups in total. The van der Waals surface area contributed by atoms with Crippen molar-refractivity contribution >= 4 is 23.4 Å². The molecule has 0 amide bonds. The van der Waals surface area contributed by atoms with E-state index in [4.69, 9.17) is 23.9 Å². The fourth-order valence-corrected chi connectivity index (χ4v) is 5.62. The van der Waals surface area contributed by atoms with E-state index in [1.54, 1.807) is 43.9 Å². The third-order valence-electron chi connectivity index (χ3n) is 6.04. The Bertz CT molecular complexity index is 1440. The minimum absolute atomic E-state index is 0.230. The van der Waals surface area contributed by atoms with Crippen LogP contribution in [0.2, 0.25) is 0 Å². The van der Waals surface area contributed by atoms with Gasteiger partial charge in [0, 0.05) is 5.56 Å². The SMILES string of the molecule is COC(=O)C1C2c3ccccc3O[C@]1(C)N=c1s/c(=C\c3ccc(OC)c(OC)c3)c(=O)n12. The van der Waals surface area contributed by atoms with Crippen LogP contribution in [0.5, 0.6) is 17.2 Å². The zero-order valence-electron chi connectivity index (χ0n) is 18.5. The summed E-state index contributed by atoms with van der Waals surface area (Å²) < 4.78 is 24.0. The summed E-state index contributed by atoms with van der Waals surface area (Å²) >= 11 is 1.26. The number of carbonyl (C=O) groups is 1. The number of aromatic nitrogens is 1. The molecular weight excluding hydrogens is 444 g/mol. The fourth-order valence-electron chi connectivity index (χ4n) is 4.53. The van der Waals surface area contributed by atoms with Gasteiger partial charge in [-0.3, -0.25) is 14.2 Å². The standard InChI is InChI=1S/C24H22N2O6S/c1-24-19(22(28)31-4)20(14-7-5-6-8-15(14)32-24)26-21(27)18(33-23(26)25-24)12-13-9-10-16(29-2)17(11-13)30-3/h5-12,19-20H,1-4H3/b18-12-/t19?,20?,24-/m0/s1. The first-order valence-electron chi connectivity index (χ1n) is 10.3. The lowest BCUT2D eigenvalue weighted by atomic mass is 9.81. The molecule has 9 heteroatoms. The van der Waals surface area contributed by atoms with Gasteiger partial charge in [-0.15, -0.1) is 0 Å². The molecule has 0 fully saturated rings. The van der Waals surface area contributed by atoms with Crippen molar-refractivity contribution < 1.29 is 23.7 Å². The van der Waals surface area contributed by atoms with Crippen molar-refractivity contribution in [2.24, 2.45) is 10.9 Å². The number of hydrogen-bond acceptors (Lipinski definition) is 8. The predicted molar refractivity (Wildman–Crippen MR) is 122 cm³/mol. The molecule has 0 spiro atoms. The van der Waals surface area contributed by atoms with Gasteiger partial charge in [0.1, 0.15) is 11.7 Å². The number of fused-ring (bicyclic) bond motifs is 6. The minimum atomic E-state index is -1.19. The lowest BCUT2D eigenvalue weighted by Gasteiger charge is -2.44. The molecule has 8 nitrogen and oxygen atoms in total. The van der Waals surface area contributed by atoms with Crippen LogP contribution in [0.15, 0.2) is 52.3 Å². The van der Waals surface area contributed by atoms with E-state index in [0.717, 1.165) is 11.1 Å². The van der Waals surface area contributed by atoms with Gasteiger partial charge in [-0.25, -0.2) is 4.99 Å². The smallest absolute Gasteiger partial charge is 0.317 e. The maximum absolute atomic E-state index is 13.6. The molecule has 1 aromatic heterocycles. The molecule has 2 aliphatic rings. The maximum atomic E-state index is 13.6. The summed E-state index contributed by atoms with van der Waals surface area (Å²) in [7, 11) is 4.46. The highest BCUT2D eigenvalue weighted by Crippen LogP contribution is 2.47. The molecule has 5 rings (SSSR count). The summed E-state index contributed by atoms with van der Waals surface area (Å²) in [6.45, 7) is 1.75. The van der Waals surface area contributed by atoms with Gasteiger partial charge in [0.15, 0.2) is 16.3 Å². The second-order valence-corrected chi connectivity index (χ2v) is 8.94. The van der Waals surface area contributed by atoms with E-state index in [1.807, 2.05) is 30.3 Å². The first kappa shape index (κ1) is 21.3. The van der Waals surface area contributed by atoms with Crippen LogP contribution in [-0.4, -0.2) is 37.6 Å². The van der Waals surface area contributed by atoms with Gasteiger partial charge >= 0.3 is 5.97 Å². The Hall–Kier alpha value is -3.59. The van der Waals surface area contributed by atoms with Gasteiger partial charge in [-0.2, -0.15) is 0 Å². The summed E-state index contributed by atoms with van der Waals surface area (Å²) in [5.74, 6) is 0.487. The molecule has 2 aromatic carbocycles. The number of benzene rings is 2. The van der Waals surface area contributed by atoms with Crippen molar-refractivity contribution in [3.63, 3.8) is 0 Å². The van der Waals surface area contributed by atoms with Crippen molar-refractivity contribution in [3.8, 4) is 17.2 Å². The molecule has 3 heterocycles. The van der Waals surface area contributed by atoms with Crippen LogP contribution in [0.4, 0.5) is 0 Å². The van der Waals surface area contributed by atoms with Gasteiger partial charge < -0.3 is 18.9 Å². The number of thiazole rings is 1. The molecule has 33 heavy (non-hydrogen) atoms. The first-order chi connectivity index (χ1) is 15.9. The predicted octanol–water partition coefficient (Wildman–Crippen LogP) is 1.88. The number of para-hydroxylation sites is 1. The number of carbonyl (C=O) groups excluding carboxylic acids is 1. The molecule has 170 valence electrons. The summed E-state index contributed by atoms with van der Waals surface area (Å²) in [4.78, 5) is 31.7. The van der Waals surface area contributed by atoms with Crippen LogP contribution in [0.1, 0.15) is 24.1 Å². The van der Waals surface area contributed by atoms with Crippen molar-refractivity contribution in [1.29, 1.82) is 0 Å². The Morgan fingerprint density at radius 3 is 2.64 bits per heavy atom. The van der Waals surface area contributed by atoms with Crippen LogP contribution in [0.25, 0.3) is 6.08 Å². The topological polar surface area (TPSA) is 88.4 Å². The fraction of sp³-hybridized carbons (Fsp3) is 0.292. The maximum Gasteiger partial charge on any atom is 0.317 e. The van der Waals surface area contributed by atoms with E-state index in [9.17, 15) is 9.59 Å². The minimum Gasteiger partial charge on any atom is -0.493 e. The summed E-state index contributed by atoms with van der Waals surface area (Å²) in [6, 6.07) is 12.2. The number of methoxy groups -OCH3 is 3. The van der Waals surface area contributed by atoms with Crippen LogP contribution in [0.3, 0.4) is 0 Å². The highest BCUT2D eigenvalue weighted by atomic mass is 32.1. The molecule has 2 unspecified atom stereocenters. The molecule has 2 bridgehead atoms. The van der Waals surface area contributed by atoms with Crippen LogP contribution in [0, 0.1) is 5.92 Å². The molecule has 0 aliphatic carbocycles.